The number of aromatic nitrogens is 2. The van der Waals surface area contributed by atoms with Gasteiger partial charge < -0.3 is 10.1 Å². The van der Waals surface area contributed by atoms with Crippen molar-refractivity contribution in [2.75, 3.05) is 7.11 Å². The van der Waals surface area contributed by atoms with E-state index in [1.165, 1.54) is 26.4 Å². The summed E-state index contributed by atoms with van der Waals surface area (Å²) < 4.78 is 6.48. The van der Waals surface area contributed by atoms with Crippen LogP contribution in [-0.2, 0) is 11.3 Å². The molecule has 0 unspecified atom stereocenters. The number of alkyl carbamates (subject to hydrolysis) is 1. The summed E-state index contributed by atoms with van der Waals surface area (Å²) in [6, 6.07) is 1.96. The van der Waals surface area contributed by atoms with E-state index in [1.54, 1.807) is 6.20 Å². The zero-order valence-corrected chi connectivity index (χ0v) is 11.3. The van der Waals surface area contributed by atoms with Crippen LogP contribution in [0.3, 0.4) is 0 Å². The molecule has 0 aromatic carbocycles. The van der Waals surface area contributed by atoms with E-state index in [9.17, 15) is 4.79 Å². The van der Waals surface area contributed by atoms with Gasteiger partial charge in [0.1, 0.15) is 0 Å². The van der Waals surface area contributed by atoms with Gasteiger partial charge in [-0.25, -0.2) is 4.79 Å². The Balaban J connectivity index is 2.38. The summed E-state index contributed by atoms with van der Waals surface area (Å²) in [5.41, 5.74) is 0. The van der Waals surface area contributed by atoms with Gasteiger partial charge in [0.25, 0.3) is 0 Å². The Hall–Kier alpha value is -1.52. The van der Waals surface area contributed by atoms with Crippen LogP contribution in [0.4, 0.5) is 4.79 Å². The van der Waals surface area contributed by atoms with Crippen LogP contribution in [0.2, 0.25) is 0 Å². The van der Waals surface area contributed by atoms with E-state index in [1.807, 2.05) is 16.9 Å². The number of carbonyl (C=O) groups excluding carboxylic acids is 1. The van der Waals surface area contributed by atoms with Crippen LogP contribution < -0.4 is 5.32 Å². The molecule has 0 saturated carbocycles. The molecule has 0 spiro atoms. The third-order valence-electron chi connectivity index (χ3n) is 2.88. The minimum Gasteiger partial charge on any atom is -0.453 e. The zero-order valence-electron chi connectivity index (χ0n) is 11.3. The average molecular weight is 253 g/mol. The van der Waals surface area contributed by atoms with Crippen molar-refractivity contribution in [2.24, 2.45) is 0 Å². The van der Waals surface area contributed by atoms with Gasteiger partial charge in [-0.1, -0.05) is 32.6 Å². The Kier molecular flexibility index (Phi) is 6.91. The van der Waals surface area contributed by atoms with Crippen LogP contribution in [0.5, 0.6) is 0 Å². The predicted molar refractivity (Wildman–Crippen MR) is 70.3 cm³/mol. The molecule has 1 amide bonds. The second kappa shape index (κ2) is 8.55. The Morgan fingerprint density at radius 2 is 2.28 bits per heavy atom. The van der Waals surface area contributed by atoms with Crippen molar-refractivity contribution in [2.45, 2.75) is 51.6 Å². The maximum atomic E-state index is 11.3. The van der Waals surface area contributed by atoms with Crippen LogP contribution in [0.25, 0.3) is 0 Å². The molecule has 1 heterocycles. The second-order valence-electron chi connectivity index (χ2n) is 4.41. The molecule has 0 aliphatic rings. The highest BCUT2D eigenvalue weighted by molar-refractivity contribution is 5.67. The third kappa shape index (κ3) is 5.70. The summed E-state index contributed by atoms with van der Waals surface area (Å²) in [5.74, 6) is 0. The van der Waals surface area contributed by atoms with Crippen LogP contribution in [-0.4, -0.2) is 29.0 Å². The lowest BCUT2D eigenvalue weighted by molar-refractivity contribution is 0.164. The van der Waals surface area contributed by atoms with E-state index in [-0.39, 0.29) is 12.1 Å². The summed E-state index contributed by atoms with van der Waals surface area (Å²) in [6.45, 7) is 2.88. The summed E-state index contributed by atoms with van der Waals surface area (Å²) in [5, 5.41) is 7.02. The number of nitrogens with one attached hydrogen (secondary N) is 1. The van der Waals surface area contributed by atoms with E-state index in [4.69, 9.17) is 0 Å². The molecule has 1 rings (SSSR count). The van der Waals surface area contributed by atoms with E-state index in [0.717, 1.165) is 12.8 Å². The molecule has 1 N–H and O–H groups in total. The zero-order chi connectivity index (χ0) is 13.2. The minimum atomic E-state index is -0.373. The van der Waals surface area contributed by atoms with Gasteiger partial charge in [0.2, 0.25) is 0 Å². The van der Waals surface area contributed by atoms with Gasteiger partial charge >= 0.3 is 6.09 Å². The fourth-order valence-corrected chi connectivity index (χ4v) is 1.89. The van der Waals surface area contributed by atoms with Crippen molar-refractivity contribution in [3.63, 3.8) is 0 Å². The topological polar surface area (TPSA) is 56.2 Å². The number of amides is 1. The molecule has 0 radical (unpaired) electrons. The van der Waals surface area contributed by atoms with Crippen molar-refractivity contribution >= 4 is 6.09 Å². The Labute approximate surface area is 109 Å². The molecule has 0 bridgehead atoms. The molecule has 102 valence electrons. The average Bonchev–Trinajstić information content (AvgIpc) is 2.87. The monoisotopic (exact) mass is 253 g/mol. The Morgan fingerprint density at radius 3 is 2.89 bits per heavy atom. The largest absolute Gasteiger partial charge is 0.453 e. The number of rotatable bonds is 8. The van der Waals surface area contributed by atoms with Crippen LogP contribution in [0.15, 0.2) is 18.5 Å². The van der Waals surface area contributed by atoms with Gasteiger partial charge in [0, 0.05) is 12.4 Å². The fourth-order valence-electron chi connectivity index (χ4n) is 1.89. The highest BCUT2D eigenvalue weighted by Gasteiger charge is 2.13. The van der Waals surface area contributed by atoms with Gasteiger partial charge in [-0.3, -0.25) is 4.68 Å². The smallest absolute Gasteiger partial charge is 0.407 e. The SMILES string of the molecule is CCCCCC[C@H](Cn1cccn1)NC(=O)OC. The highest BCUT2D eigenvalue weighted by Crippen LogP contribution is 2.07. The normalized spacial score (nSPS) is 12.1. The summed E-state index contributed by atoms with van der Waals surface area (Å²) in [6.07, 6.45) is 9.00. The Bertz CT molecular complexity index is 325. The Morgan fingerprint density at radius 1 is 1.44 bits per heavy atom. The first-order valence-electron chi connectivity index (χ1n) is 6.58. The predicted octanol–water partition coefficient (Wildman–Crippen LogP) is 2.58. The number of hydrogen-bond acceptors (Lipinski definition) is 3. The van der Waals surface area contributed by atoms with Crippen molar-refractivity contribution in [3.05, 3.63) is 18.5 Å². The first-order valence-corrected chi connectivity index (χ1v) is 6.58. The van der Waals surface area contributed by atoms with Gasteiger partial charge in [-0.15, -0.1) is 0 Å². The van der Waals surface area contributed by atoms with Crippen LogP contribution in [0, 0.1) is 0 Å². The molecule has 0 saturated heterocycles. The molecule has 0 fully saturated rings. The van der Waals surface area contributed by atoms with Crippen molar-refractivity contribution in [1.82, 2.24) is 15.1 Å². The summed E-state index contributed by atoms with van der Waals surface area (Å²) in [4.78, 5) is 11.3. The fraction of sp³-hybridized carbons (Fsp3) is 0.692. The highest BCUT2D eigenvalue weighted by atomic mass is 16.5. The number of methoxy groups -OCH3 is 1. The van der Waals surface area contributed by atoms with E-state index < -0.39 is 0 Å². The van der Waals surface area contributed by atoms with Crippen LogP contribution in [0.1, 0.15) is 39.0 Å². The summed E-state index contributed by atoms with van der Waals surface area (Å²) in [7, 11) is 1.39. The third-order valence-corrected chi connectivity index (χ3v) is 2.88. The number of nitrogens with zero attached hydrogens (tertiary/aromatic N) is 2. The minimum absolute atomic E-state index is 0.0780. The molecule has 18 heavy (non-hydrogen) atoms. The molecular formula is C13H23N3O2. The van der Waals surface area contributed by atoms with Crippen molar-refractivity contribution in [3.8, 4) is 0 Å². The maximum Gasteiger partial charge on any atom is 0.407 e. The summed E-state index contributed by atoms with van der Waals surface area (Å²) >= 11 is 0. The lowest BCUT2D eigenvalue weighted by Gasteiger charge is -2.18. The first kappa shape index (κ1) is 14.5. The number of ether oxygens (including phenoxy) is 1. The van der Waals surface area contributed by atoms with Gasteiger partial charge in [0.05, 0.1) is 19.7 Å². The molecule has 1 aromatic rings. The van der Waals surface area contributed by atoms with Gasteiger partial charge in [-0.05, 0) is 12.5 Å². The lowest BCUT2D eigenvalue weighted by atomic mass is 10.1. The maximum absolute atomic E-state index is 11.3. The van der Waals surface area contributed by atoms with E-state index >= 15 is 0 Å². The molecule has 1 atom stereocenters. The van der Waals surface area contributed by atoms with Gasteiger partial charge in [-0.2, -0.15) is 5.10 Å². The molecule has 0 aliphatic carbocycles. The van der Waals surface area contributed by atoms with Crippen LogP contribution >= 0.6 is 0 Å². The lowest BCUT2D eigenvalue weighted by Crippen LogP contribution is -2.38. The second-order valence-corrected chi connectivity index (χ2v) is 4.41. The quantitative estimate of drug-likeness (QED) is 0.724. The molecule has 1 aromatic heterocycles. The molecular weight excluding hydrogens is 230 g/mol. The van der Waals surface area contributed by atoms with E-state index in [0.29, 0.717) is 6.54 Å². The van der Waals surface area contributed by atoms with Crippen molar-refractivity contribution in [1.29, 1.82) is 0 Å². The first-order chi connectivity index (χ1) is 8.76. The molecule has 5 nitrogen and oxygen atoms in total. The molecule has 0 aliphatic heterocycles. The standard InChI is InChI=1S/C13H23N3O2/c1-3-4-5-6-8-12(15-13(17)18-2)11-16-10-7-9-14-16/h7,9-10,12H,3-6,8,11H2,1-2H3,(H,15,17)/t12-/m1/s1. The van der Waals surface area contributed by atoms with Gasteiger partial charge in [0.15, 0.2) is 0 Å². The molecule has 5 heteroatoms. The number of unbranched alkanes of at least 4 members (excludes halogenated alkanes) is 3. The van der Waals surface area contributed by atoms with E-state index in [2.05, 4.69) is 22.1 Å². The number of hydrogen-bond donors (Lipinski definition) is 1. The number of carbonyl (C=O) groups is 1. The van der Waals surface area contributed by atoms with Crippen molar-refractivity contribution < 1.29 is 9.53 Å².